The van der Waals surface area contributed by atoms with E-state index in [4.69, 9.17) is 5.73 Å². The molecule has 1 fully saturated rings. The number of halogens is 1. The lowest BCUT2D eigenvalue weighted by Gasteiger charge is -2.25. The quantitative estimate of drug-likeness (QED) is 0.931. The molecule has 2 nitrogen and oxygen atoms in total. The lowest BCUT2D eigenvalue weighted by Crippen LogP contribution is -2.32. The molecule has 1 aliphatic rings. The van der Waals surface area contributed by atoms with Crippen molar-refractivity contribution < 1.29 is 4.79 Å². The molecule has 0 aliphatic heterocycles. The van der Waals surface area contributed by atoms with E-state index in [0.29, 0.717) is 12.2 Å². The zero-order valence-corrected chi connectivity index (χ0v) is 11.4. The lowest BCUT2D eigenvalue weighted by atomic mass is 9.82. The number of benzene rings is 1. The highest BCUT2D eigenvalue weighted by Gasteiger charge is 2.24. The molecule has 3 heteroatoms. The fraction of sp³-hybridized carbons (Fsp3) is 0.500. The molecule has 2 atom stereocenters. The van der Waals surface area contributed by atoms with E-state index in [-0.39, 0.29) is 12.0 Å². The van der Waals surface area contributed by atoms with Crippen molar-refractivity contribution >= 4 is 21.7 Å². The second-order valence-electron chi connectivity index (χ2n) is 4.89. The average molecular weight is 296 g/mol. The Morgan fingerprint density at radius 1 is 1.29 bits per heavy atom. The number of rotatable bonds is 3. The third-order valence-electron chi connectivity index (χ3n) is 3.46. The van der Waals surface area contributed by atoms with Crippen LogP contribution in [-0.2, 0) is 11.2 Å². The van der Waals surface area contributed by atoms with E-state index in [1.54, 1.807) is 0 Å². The number of carbonyl (C=O) groups is 1. The van der Waals surface area contributed by atoms with E-state index in [9.17, 15) is 4.79 Å². The molecule has 0 amide bonds. The van der Waals surface area contributed by atoms with Crippen LogP contribution in [0.3, 0.4) is 0 Å². The molecular weight excluding hydrogens is 278 g/mol. The van der Waals surface area contributed by atoms with Gasteiger partial charge >= 0.3 is 0 Å². The molecular formula is C14H18BrNO. The standard InChI is InChI=1S/C14H18BrNO/c15-12-6-4-10(5-7-12)8-14(17)11-2-1-3-13(16)9-11/h4-7,11,13H,1-3,8-9,16H2. The summed E-state index contributed by atoms with van der Waals surface area (Å²) in [6.45, 7) is 0. The van der Waals surface area contributed by atoms with Gasteiger partial charge < -0.3 is 5.73 Å². The second-order valence-corrected chi connectivity index (χ2v) is 5.81. The van der Waals surface area contributed by atoms with Crippen LogP contribution in [0, 0.1) is 5.92 Å². The number of hydrogen-bond donors (Lipinski definition) is 1. The number of Topliss-reactive ketones (excluding diaryl/α,β-unsaturated/α-hetero) is 1. The Balaban J connectivity index is 1.94. The van der Waals surface area contributed by atoms with Crippen molar-refractivity contribution in [2.75, 3.05) is 0 Å². The highest BCUT2D eigenvalue weighted by Crippen LogP contribution is 2.25. The molecule has 1 aromatic carbocycles. The van der Waals surface area contributed by atoms with E-state index in [0.717, 1.165) is 35.7 Å². The third-order valence-corrected chi connectivity index (χ3v) is 3.99. The fourth-order valence-electron chi connectivity index (χ4n) is 2.47. The van der Waals surface area contributed by atoms with E-state index in [2.05, 4.69) is 15.9 Å². The number of nitrogens with two attached hydrogens (primary N) is 1. The first kappa shape index (κ1) is 12.8. The molecule has 0 spiro atoms. The summed E-state index contributed by atoms with van der Waals surface area (Å²) in [7, 11) is 0. The number of ketones is 1. The highest BCUT2D eigenvalue weighted by molar-refractivity contribution is 9.10. The molecule has 1 aromatic rings. The summed E-state index contributed by atoms with van der Waals surface area (Å²) in [5.74, 6) is 0.532. The molecule has 1 saturated carbocycles. The average Bonchev–Trinajstić information content (AvgIpc) is 2.32. The van der Waals surface area contributed by atoms with Gasteiger partial charge in [0.25, 0.3) is 0 Å². The maximum absolute atomic E-state index is 12.1. The van der Waals surface area contributed by atoms with Crippen LogP contribution in [-0.4, -0.2) is 11.8 Å². The lowest BCUT2D eigenvalue weighted by molar-refractivity contribution is -0.123. The monoisotopic (exact) mass is 295 g/mol. The number of hydrogen-bond acceptors (Lipinski definition) is 2. The first-order valence-corrected chi connectivity index (χ1v) is 6.97. The third kappa shape index (κ3) is 3.65. The minimum atomic E-state index is 0.183. The van der Waals surface area contributed by atoms with Gasteiger partial charge in [-0.1, -0.05) is 34.5 Å². The fourth-order valence-corrected chi connectivity index (χ4v) is 2.73. The van der Waals surface area contributed by atoms with Crippen LogP contribution >= 0.6 is 15.9 Å². The van der Waals surface area contributed by atoms with Crippen molar-refractivity contribution in [1.29, 1.82) is 0 Å². The van der Waals surface area contributed by atoms with Gasteiger partial charge in [-0.25, -0.2) is 0 Å². The van der Waals surface area contributed by atoms with Gasteiger partial charge in [0, 0.05) is 22.9 Å². The van der Waals surface area contributed by atoms with Crippen molar-refractivity contribution in [2.45, 2.75) is 38.1 Å². The molecule has 0 aromatic heterocycles. The molecule has 0 saturated heterocycles. The first-order chi connectivity index (χ1) is 8.15. The Bertz CT molecular complexity index is 388. The highest BCUT2D eigenvalue weighted by atomic mass is 79.9. The van der Waals surface area contributed by atoms with Crippen molar-refractivity contribution in [3.05, 3.63) is 34.3 Å². The van der Waals surface area contributed by atoms with Gasteiger partial charge in [-0.2, -0.15) is 0 Å². The van der Waals surface area contributed by atoms with Crippen LogP contribution in [0.25, 0.3) is 0 Å². The summed E-state index contributed by atoms with van der Waals surface area (Å²) >= 11 is 3.39. The van der Waals surface area contributed by atoms with Gasteiger partial charge in [0.1, 0.15) is 5.78 Å². The van der Waals surface area contributed by atoms with E-state index >= 15 is 0 Å². The van der Waals surface area contributed by atoms with Gasteiger partial charge in [-0.3, -0.25) is 4.79 Å². The van der Waals surface area contributed by atoms with Gasteiger partial charge in [0.15, 0.2) is 0 Å². The van der Waals surface area contributed by atoms with Crippen molar-refractivity contribution in [3.63, 3.8) is 0 Å². The summed E-state index contributed by atoms with van der Waals surface area (Å²) in [5.41, 5.74) is 7.01. The largest absolute Gasteiger partial charge is 0.328 e. The predicted octanol–water partition coefficient (Wildman–Crippen LogP) is 3.08. The SMILES string of the molecule is NC1CCCC(C(=O)Cc2ccc(Br)cc2)C1. The Morgan fingerprint density at radius 2 is 2.00 bits per heavy atom. The molecule has 92 valence electrons. The van der Waals surface area contributed by atoms with Crippen LogP contribution in [0.1, 0.15) is 31.2 Å². The van der Waals surface area contributed by atoms with Gasteiger partial charge in [0.2, 0.25) is 0 Å². The predicted molar refractivity (Wildman–Crippen MR) is 72.8 cm³/mol. The molecule has 1 aliphatic carbocycles. The minimum Gasteiger partial charge on any atom is -0.328 e. The van der Waals surface area contributed by atoms with Crippen LogP contribution in [0.2, 0.25) is 0 Å². The summed E-state index contributed by atoms with van der Waals surface area (Å²) in [6.07, 6.45) is 4.60. The van der Waals surface area contributed by atoms with Crippen LogP contribution < -0.4 is 5.73 Å². The molecule has 2 rings (SSSR count). The summed E-state index contributed by atoms with van der Waals surface area (Å²) < 4.78 is 1.05. The van der Waals surface area contributed by atoms with E-state index in [1.807, 2.05) is 24.3 Å². The molecule has 0 bridgehead atoms. The Hall–Kier alpha value is -0.670. The Labute approximate surface area is 111 Å². The summed E-state index contributed by atoms with van der Waals surface area (Å²) in [5, 5.41) is 0. The molecule has 17 heavy (non-hydrogen) atoms. The maximum Gasteiger partial charge on any atom is 0.140 e. The second kappa shape index (κ2) is 5.78. The Morgan fingerprint density at radius 3 is 2.65 bits per heavy atom. The zero-order chi connectivity index (χ0) is 12.3. The Kier molecular flexibility index (Phi) is 4.35. The molecule has 2 N–H and O–H groups in total. The van der Waals surface area contributed by atoms with E-state index < -0.39 is 0 Å². The maximum atomic E-state index is 12.1. The zero-order valence-electron chi connectivity index (χ0n) is 9.86. The van der Waals surface area contributed by atoms with Gasteiger partial charge in [-0.05, 0) is 37.0 Å². The normalized spacial score (nSPS) is 24.6. The smallest absolute Gasteiger partial charge is 0.140 e. The minimum absolute atomic E-state index is 0.183. The molecule has 2 unspecified atom stereocenters. The molecule has 0 heterocycles. The summed E-state index contributed by atoms with van der Waals surface area (Å²) in [4.78, 5) is 12.1. The topological polar surface area (TPSA) is 43.1 Å². The number of carbonyl (C=O) groups excluding carboxylic acids is 1. The van der Waals surface area contributed by atoms with Gasteiger partial charge in [-0.15, -0.1) is 0 Å². The van der Waals surface area contributed by atoms with Crippen molar-refractivity contribution in [1.82, 2.24) is 0 Å². The van der Waals surface area contributed by atoms with Crippen molar-refractivity contribution in [3.8, 4) is 0 Å². The van der Waals surface area contributed by atoms with E-state index in [1.165, 1.54) is 0 Å². The molecule has 0 radical (unpaired) electrons. The van der Waals surface area contributed by atoms with Crippen LogP contribution in [0.15, 0.2) is 28.7 Å². The summed E-state index contributed by atoms with van der Waals surface area (Å²) in [6, 6.07) is 8.20. The van der Waals surface area contributed by atoms with Gasteiger partial charge in [0.05, 0.1) is 0 Å². The van der Waals surface area contributed by atoms with Crippen LogP contribution in [0.4, 0.5) is 0 Å². The first-order valence-electron chi connectivity index (χ1n) is 6.18. The van der Waals surface area contributed by atoms with Crippen LogP contribution in [0.5, 0.6) is 0 Å². The van der Waals surface area contributed by atoms with Crippen molar-refractivity contribution in [2.24, 2.45) is 11.7 Å².